The first-order valence-corrected chi connectivity index (χ1v) is 29.6. The molecule has 2 N–H and O–H groups in total. The van der Waals surface area contributed by atoms with Crippen molar-refractivity contribution in [1.82, 2.24) is 4.90 Å². The van der Waals surface area contributed by atoms with Crippen molar-refractivity contribution in [2.45, 2.75) is 152 Å². The number of benzene rings is 5. The van der Waals surface area contributed by atoms with Crippen LogP contribution < -0.4 is 9.47 Å². The van der Waals surface area contributed by atoms with Crippen LogP contribution in [-0.2, 0) is 27.5 Å². The summed E-state index contributed by atoms with van der Waals surface area (Å²) >= 11 is 1.69. The van der Waals surface area contributed by atoms with Gasteiger partial charge in [0.1, 0.15) is 29.9 Å². The van der Waals surface area contributed by atoms with Crippen molar-refractivity contribution in [2.75, 3.05) is 32.7 Å². The highest BCUT2D eigenvalue weighted by molar-refractivity contribution is 7.98. The number of nitrogens with zero attached hydrogens (tertiary/aromatic N) is 2. The summed E-state index contributed by atoms with van der Waals surface area (Å²) in [5.41, 5.74) is 4.65. The average molecular weight is 1050 g/mol. The van der Waals surface area contributed by atoms with Gasteiger partial charge < -0.3 is 34.0 Å². The number of aliphatic hydroxyl groups is 2. The zero-order valence-electron chi connectivity index (χ0n) is 45.1. The van der Waals surface area contributed by atoms with Crippen LogP contribution in [0.2, 0.25) is 0 Å². The summed E-state index contributed by atoms with van der Waals surface area (Å²) in [7, 11) is 0. The topological polar surface area (TPSA) is 119 Å². The molecule has 5 aromatic carbocycles. The first-order valence-electron chi connectivity index (χ1n) is 28.4. The third kappa shape index (κ3) is 14.3. The van der Waals surface area contributed by atoms with Crippen molar-refractivity contribution in [3.8, 4) is 17.2 Å². The molecular formula is C65H82N2O8S. The number of rotatable bonds is 31. The monoisotopic (exact) mass is 1050 g/mol. The minimum absolute atomic E-state index is 0.0458. The lowest BCUT2D eigenvalue weighted by molar-refractivity contribution is -0.256. The van der Waals surface area contributed by atoms with Gasteiger partial charge in [-0.05, 0) is 120 Å². The molecule has 6 atom stereocenters. The number of carbonyl (C=O) groups is 1. The molecule has 1 aliphatic heterocycles. The lowest BCUT2D eigenvalue weighted by atomic mass is 9.55. The molecule has 6 unspecified atom stereocenters. The minimum atomic E-state index is -1.46. The average Bonchev–Trinajstić information content (AvgIpc) is 3.47. The second-order valence-corrected chi connectivity index (χ2v) is 21.8. The maximum absolute atomic E-state index is 15.5. The highest BCUT2D eigenvalue weighted by Gasteiger charge is 2.66. The first kappa shape index (κ1) is 56.6. The van der Waals surface area contributed by atoms with Crippen molar-refractivity contribution < 1.29 is 38.8 Å². The van der Waals surface area contributed by atoms with Gasteiger partial charge in [-0.1, -0.05) is 168 Å². The molecule has 1 amide bonds. The van der Waals surface area contributed by atoms with Crippen LogP contribution in [0.25, 0.3) is 10.8 Å². The Kier molecular flexibility index (Phi) is 21.8. The molecule has 1 saturated carbocycles. The number of oxime groups is 1. The highest BCUT2D eigenvalue weighted by atomic mass is 32.2. The fourth-order valence-electron chi connectivity index (χ4n) is 12.0. The molecule has 406 valence electrons. The molecule has 5 aromatic rings. The number of amides is 1. The second-order valence-electron chi connectivity index (χ2n) is 20.9. The van der Waals surface area contributed by atoms with Gasteiger partial charge in [-0.25, -0.2) is 4.79 Å². The van der Waals surface area contributed by atoms with Crippen LogP contribution in [0.1, 0.15) is 139 Å². The number of thioether (sulfide) groups is 1. The second kappa shape index (κ2) is 29.2. The lowest BCUT2D eigenvalue weighted by Crippen LogP contribution is -2.70. The summed E-state index contributed by atoms with van der Waals surface area (Å²) < 4.78 is 28.0. The number of unbranched alkanes of at least 4 members (excludes halogenated alkanes) is 11. The number of aliphatic hydroxyl groups excluding tert-OH is 2. The lowest BCUT2D eigenvalue weighted by Gasteiger charge is -2.59. The molecule has 2 aliphatic carbocycles. The molecule has 0 saturated heterocycles. The molecular weight excluding hydrogens is 969 g/mol. The van der Waals surface area contributed by atoms with E-state index < -0.39 is 23.8 Å². The van der Waals surface area contributed by atoms with Gasteiger partial charge in [0.2, 0.25) is 5.79 Å². The van der Waals surface area contributed by atoms with E-state index in [1.165, 1.54) is 44.9 Å². The van der Waals surface area contributed by atoms with Gasteiger partial charge in [-0.3, -0.25) is 4.90 Å². The van der Waals surface area contributed by atoms with Gasteiger partial charge in [0, 0.05) is 36.0 Å². The van der Waals surface area contributed by atoms with Crippen LogP contribution in [0, 0.1) is 17.8 Å². The van der Waals surface area contributed by atoms with Crippen molar-refractivity contribution in [3.63, 3.8) is 0 Å². The number of carbonyl (C=O) groups excluding carboxylic acids is 1. The quantitative estimate of drug-likeness (QED) is 0.0194. The summed E-state index contributed by atoms with van der Waals surface area (Å²) in [6.07, 6.45) is 22.4. The maximum Gasteiger partial charge on any atom is 0.410 e. The summed E-state index contributed by atoms with van der Waals surface area (Å²) in [5.74, 6) is 0.00932. The number of ether oxygens (including phenoxy) is 4. The molecule has 76 heavy (non-hydrogen) atoms. The van der Waals surface area contributed by atoms with Crippen LogP contribution >= 0.6 is 11.8 Å². The Morgan fingerprint density at radius 1 is 0.803 bits per heavy atom. The fraction of sp³-hybridized carbons (Fsp3) is 0.477. The Balaban J connectivity index is 1.25. The minimum Gasteiger partial charge on any atom is -0.459 e. The van der Waals surface area contributed by atoms with Crippen LogP contribution in [0.4, 0.5) is 4.79 Å². The van der Waals surface area contributed by atoms with E-state index in [9.17, 15) is 10.2 Å². The predicted octanol–water partition coefficient (Wildman–Crippen LogP) is 15.7. The van der Waals surface area contributed by atoms with E-state index in [-0.39, 0.29) is 57.1 Å². The Bertz CT molecular complexity index is 2650. The molecule has 0 radical (unpaired) electrons. The molecule has 0 spiro atoms. The van der Waals surface area contributed by atoms with Crippen molar-refractivity contribution in [3.05, 3.63) is 156 Å². The number of allylic oxidation sites excluding steroid dienone is 1. The molecule has 0 bridgehead atoms. The van der Waals surface area contributed by atoms with Gasteiger partial charge in [-0.2, -0.15) is 0 Å². The van der Waals surface area contributed by atoms with Crippen molar-refractivity contribution in [1.29, 1.82) is 0 Å². The molecule has 1 heterocycles. The van der Waals surface area contributed by atoms with Crippen LogP contribution in [0.15, 0.2) is 150 Å². The summed E-state index contributed by atoms with van der Waals surface area (Å²) in [5, 5.41) is 27.5. The Hall–Kier alpha value is -5.59. The van der Waals surface area contributed by atoms with Crippen molar-refractivity contribution >= 4 is 34.3 Å². The number of hydrogen-bond donors (Lipinski definition) is 2. The largest absolute Gasteiger partial charge is 0.459 e. The fourth-order valence-corrected chi connectivity index (χ4v) is 12.4. The van der Waals surface area contributed by atoms with E-state index in [0.29, 0.717) is 30.9 Å². The van der Waals surface area contributed by atoms with Gasteiger partial charge in [-0.15, -0.1) is 18.3 Å². The first-order chi connectivity index (χ1) is 37.4. The van der Waals surface area contributed by atoms with E-state index in [1.807, 2.05) is 71.6 Å². The summed E-state index contributed by atoms with van der Waals surface area (Å²) in [6.45, 7) is 7.54. The smallest absolute Gasteiger partial charge is 0.410 e. The number of fused-ring (bicyclic) bond motifs is 3. The van der Waals surface area contributed by atoms with Crippen LogP contribution in [0.3, 0.4) is 0 Å². The molecule has 3 aliphatic rings. The third-order valence-corrected chi connectivity index (χ3v) is 16.5. The van der Waals surface area contributed by atoms with E-state index in [1.54, 1.807) is 17.8 Å². The van der Waals surface area contributed by atoms with Crippen LogP contribution in [-0.4, -0.2) is 71.4 Å². The van der Waals surface area contributed by atoms with Crippen LogP contribution in [0.5, 0.6) is 17.2 Å². The number of hydrogen-bond acceptors (Lipinski definition) is 10. The van der Waals surface area contributed by atoms with Gasteiger partial charge >= 0.3 is 6.09 Å². The molecule has 10 nitrogen and oxygen atoms in total. The molecule has 0 aromatic heterocycles. The predicted molar refractivity (Wildman–Crippen MR) is 307 cm³/mol. The normalized spacial score (nSPS) is 21.0. The molecule has 11 heteroatoms. The zero-order chi connectivity index (χ0) is 53.0. The third-order valence-electron chi connectivity index (χ3n) is 15.7. The molecule has 1 fully saturated rings. The van der Waals surface area contributed by atoms with E-state index in [4.69, 9.17) is 28.9 Å². The summed E-state index contributed by atoms with van der Waals surface area (Å²) in [6, 6.07) is 38.0. The zero-order valence-corrected chi connectivity index (χ0v) is 45.9. The van der Waals surface area contributed by atoms with Gasteiger partial charge in [0.25, 0.3) is 0 Å². The Morgan fingerprint density at radius 2 is 1.50 bits per heavy atom. The standard InChI is InChI=1S/C65H82N2O8S/c1-4-6-7-8-9-10-11-12-13-23-42-71-64(70)67(46-51-30-24-29-49-27-17-18-31-55(49)51)61-45-59(66-73-47-48-25-15-14-16-26-48)57-43-50(28-19-21-39-68)56(32-20-22-40-69)62-58-44-53(74-52-33-36-54(76-3)37-34-52)35-38-60(58)75-65(61,63(57)62)72-41-5-2/h5,14-18,24-27,29-31,33-38,43-44,50,56,61-63,68-69H,2,4,6-13,19-23,28,32,39-42,45-47H2,1,3H3. The summed E-state index contributed by atoms with van der Waals surface area (Å²) in [4.78, 5) is 24.9. The van der Waals surface area contributed by atoms with Gasteiger partial charge in [0.05, 0.1) is 31.4 Å². The molecule has 8 rings (SSSR count). The van der Waals surface area contributed by atoms with Crippen molar-refractivity contribution in [2.24, 2.45) is 22.9 Å². The maximum atomic E-state index is 15.5. The Morgan fingerprint density at radius 3 is 2.24 bits per heavy atom. The SMILES string of the molecule is C=CCOC12Oc3ccc(Oc4ccc(SC)cc4)cc3C3C(CCCCO)C(CCCCO)C=C(C(=NOCc4ccccc4)CC1N(Cc1cccc4ccccc14)C(=O)OCCCCCCCCCCCC)C32. The highest BCUT2D eigenvalue weighted by Crippen LogP contribution is 2.62. The van der Waals surface area contributed by atoms with Gasteiger partial charge in [0.15, 0.2) is 0 Å². The van der Waals surface area contributed by atoms with E-state index in [0.717, 1.165) is 94.3 Å². The van der Waals surface area contributed by atoms with E-state index in [2.05, 4.69) is 74.4 Å². The van der Waals surface area contributed by atoms with E-state index >= 15 is 4.79 Å². The Labute approximate surface area is 456 Å².